The topological polar surface area (TPSA) is 52.2 Å². The number of benzene rings is 1. The minimum absolute atomic E-state index is 0.0785. The first kappa shape index (κ1) is 18.1. The maximum absolute atomic E-state index is 14.0. The highest BCUT2D eigenvalue weighted by Gasteiger charge is 2.24. The number of hydrogen-bond acceptors (Lipinski definition) is 4. The first-order chi connectivity index (χ1) is 13.0. The molecule has 7 heteroatoms. The minimum Gasteiger partial charge on any atom is -0.342 e. The van der Waals surface area contributed by atoms with Crippen molar-refractivity contribution < 1.29 is 8.78 Å². The molecular weight excluding hydrogens is 350 g/mol. The highest BCUT2D eigenvalue weighted by Crippen LogP contribution is 2.23. The second-order valence-electron chi connectivity index (χ2n) is 7.68. The maximum Gasteiger partial charge on any atom is 0.255 e. The molecule has 0 aliphatic carbocycles. The van der Waals surface area contributed by atoms with Crippen molar-refractivity contribution in [2.45, 2.75) is 39.3 Å². The fourth-order valence-corrected chi connectivity index (χ4v) is 3.89. The van der Waals surface area contributed by atoms with Crippen LogP contribution in [0.2, 0.25) is 0 Å². The van der Waals surface area contributed by atoms with Gasteiger partial charge >= 0.3 is 0 Å². The van der Waals surface area contributed by atoms with Gasteiger partial charge in [-0.25, -0.2) is 13.8 Å². The molecule has 3 heterocycles. The van der Waals surface area contributed by atoms with Crippen molar-refractivity contribution in [1.29, 1.82) is 0 Å². The van der Waals surface area contributed by atoms with Crippen LogP contribution in [0.4, 0.5) is 14.7 Å². The van der Waals surface area contributed by atoms with E-state index in [0.717, 1.165) is 43.8 Å². The molecule has 1 fully saturated rings. The van der Waals surface area contributed by atoms with Crippen molar-refractivity contribution in [3.05, 3.63) is 57.0 Å². The number of piperidine rings is 1. The molecule has 2 aliphatic rings. The standard InChI is InChI=1S/C20H24F2N4O/c1-13-4-8-26(9-5-13)20-23-18-12-25(7-6-16(18)19(27)24-20)11-14-10-15(21)2-3-17(14)22/h2-3,10,13H,4-9,11-12H2,1H3,(H,23,24,27). The summed E-state index contributed by atoms with van der Waals surface area (Å²) in [5.41, 5.74) is 1.70. The zero-order valence-electron chi connectivity index (χ0n) is 15.5. The average Bonchev–Trinajstić information content (AvgIpc) is 2.65. The lowest BCUT2D eigenvalue weighted by atomic mass is 9.99. The van der Waals surface area contributed by atoms with Crippen molar-refractivity contribution in [2.75, 3.05) is 24.5 Å². The van der Waals surface area contributed by atoms with Gasteiger partial charge in [-0.15, -0.1) is 0 Å². The molecule has 2 aliphatic heterocycles. The smallest absolute Gasteiger partial charge is 0.255 e. The fourth-order valence-electron chi connectivity index (χ4n) is 3.89. The molecule has 4 rings (SSSR count). The van der Waals surface area contributed by atoms with Crippen LogP contribution in [0.1, 0.15) is 36.6 Å². The number of fused-ring (bicyclic) bond motifs is 1. The Hall–Kier alpha value is -2.28. The minimum atomic E-state index is -0.444. The van der Waals surface area contributed by atoms with Gasteiger partial charge in [0.2, 0.25) is 5.95 Å². The Bertz CT molecular complexity index is 890. The molecule has 1 N–H and O–H groups in total. The molecule has 27 heavy (non-hydrogen) atoms. The van der Waals surface area contributed by atoms with E-state index in [1.807, 2.05) is 4.90 Å². The van der Waals surface area contributed by atoms with Crippen molar-refractivity contribution in [3.63, 3.8) is 0 Å². The van der Waals surface area contributed by atoms with Gasteiger partial charge in [0.25, 0.3) is 5.56 Å². The summed E-state index contributed by atoms with van der Waals surface area (Å²) in [6, 6.07) is 3.51. The molecule has 1 aromatic heterocycles. The molecule has 1 aromatic carbocycles. The number of rotatable bonds is 3. The van der Waals surface area contributed by atoms with Gasteiger partial charge < -0.3 is 4.90 Å². The number of anilines is 1. The summed E-state index contributed by atoms with van der Waals surface area (Å²) in [7, 11) is 0. The lowest BCUT2D eigenvalue weighted by Crippen LogP contribution is -2.39. The third-order valence-corrected chi connectivity index (χ3v) is 5.62. The Balaban J connectivity index is 1.54. The quantitative estimate of drug-likeness (QED) is 0.898. The molecule has 0 spiro atoms. The van der Waals surface area contributed by atoms with Crippen LogP contribution in [-0.4, -0.2) is 34.5 Å². The highest BCUT2D eigenvalue weighted by atomic mass is 19.1. The molecule has 0 atom stereocenters. The summed E-state index contributed by atoms with van der Waals surface area (Å²) in [5, 5.41) is 0. The first-order valence-corrected chi connectivity index (χ1v) is 9.53. The van der Waals surface area contributed by atoms with E-state index in [4.69, 9.17) is 4.98 Å². The van der Waals surface area contributed by atoms with Gasteiger partial charge in [0.1, 0.15) is 11.6 Å². The van der Waals surface area contributed by atoms with Gasteiger partial charge in [-0.05, 0) is 43.4 Å². The van der Waals surface area contributed by atoms with Crippen LogP contribution in [0.3, 0.4) is 0 Å². The zero-order chi connectivity index (χ0) is 19.0. The predicted molar refractivity (Wildman–Crippen MR) is 99.6 cm³/mol. The Morgan fingerprint density at radius 3 is 2.78 bits per heavy atom. The molecule has 1 saturated heterocycles. The number of nitrogens with one attached hydrogen (secondary N) is 1. The molecular formula is C20H24F2N4O. The normalized spacial score (nSPS) is 18.6. The molecule has 0 unspecified atom stereocenters. The number of nitrogens with zero attached hydrogens (tertiary/aromatic N) is 3. The van der Waals surface area contributed by atoms with E-state index < -0.39 is 11.6 Å². The second-order valence-corrected chi connectivity index (χ2v) is 7.68. The summed E-state index contributed by atoms with van der Waals surface area (Å²) in [6.07, 6.45) is 2.74. The molecule has 0 amide bonds. The summed E-state index contributed by atoms with van der Waals surface area (Å²) < 4.78 is 27.4. The monoisotopic (exact) mass is 374 g/mol. The van der Waals surface area contributed by atoms with E-state index in [-0.39, 0.29) is 5.56 Å². The van der Waals surface area contributed by atoms with E-state index in [1.54, 1.807) is 0 Å². The van der Waals surface area contributed by atoms with Crippen LogP contribution in [0.15, 0.2) is 23.0 Å². The Morgan fingerprint density at radius 2 is 2.00 bits per heavy atom. The van der Waals surface area contributed by atoms with E-state index >= 15 is 0 Å². The lowest BCUT2D eigenvalue weighted by molar-refractivity contribution is 0.237. The fraction of sp³-hybridized carbons (Fsp3) is 0.500. The second kappa shape index (κ2) is 7.38. The van der Waals surface area contributed by atoms with E-state index in [9.17, 15) is 13.6 Å². The third kappa shape index (κ3) is 3.88. The first-order valence-electron chi connectivity index (χ1n) is 9.53. The number of halogens is 2. The average molecular weight is 374 g/mol. The Morgan fingerprint density at radius 1 is 1.22 bits per heavy atom. The summed E-state index contributed by atoms with van der Waals surface area (Å²) in [4.78, 5) is 24.3. The molecule has 2 aromatic rings. The Labute approximate surface area is 157 Å². The maximum atomic E-state index is 14.0. The van der Waals surface area contributed by atoms with Crippen molar-refractivity contribution in [1.82, 2.24) is 14.9 Å². The highest BCUT2D eigenvalue weighted by molar-refractivity contribution is 5.35. The van der Waals surface area contributed by atoms with E-state index in [1.165, 1.54) is 6.07 Å². The summed E-state index contributed by atoms with van der Waals surface area (Å²) >= 11 is 0. The van der Waals surface area contributed by atoms with Crippen LogP contribution < -0.4 is 10.5 Å². The largest absolute Gasteiger partial charge is 0.342 e. The molecule has 0 radical (unpaired) electrons. The SMILES string of the molecule is CC1CCN(c2nc3c(c(=O)[nH]2)CCN(Cc2cc(F)ccc2F)C3)CC1. The van der Waals surface area contributed by atoms with Gasteiger partial charge in [0.05, 0.1) is 5.69 Å². The predicted octanol–water partition coefficient (Wildman–Crippen LogP) is 2.84. The van der Waals surface area contributed by atoms with Gasteiger partial charge in [-0.2, -0.15) is 0 Å². The number of H-pyrrole nitrogens is 1. The van der Waals surface area contributed by atoms with Crippen molar-refractivity contribution in [3.8, 4) is 0 Å². The molecule has 0 saturated carbocycles. The van der Waals surface area contributed by atoms with Crippen LogP contribution >= 0.6 is 0 Å². The molecule has 0 bridgehead atoms. The lowest BCUT2D eigenvalue weighted by Gasteiger charge is -2.32. The molecule has 5 nitrogen and oxygen atoms in total. The van der Waals surface area contributed by atoms with Crippen molar-refractivity contribution in [2.24, 2.45) is 5.92 Å². The van der Waals surface area contributed by atoms with Crippen LogP contribution in [-0.2, 0) is 19.5 Å². The van der Waals surface area contributed by atoms with Crippen LogP contribution in [0.25, 0.3) is 0 Å². The number of aromatic amines is 1. The Kier molecular flexibility index (Phi) is 4.95. The number of hydrogen-bond donors (Lipinski definition) is 1. The van der Waals surface area contributed by atoms with Crippen molar-refractivity contribution >= 4 is 5.95 Å². The van der Waals surface area contributed by atoms with Gasteiger partial charge in [-0.3, -0.25) is 14.7 Å². The third-order valence-electron chi connectivity index (χ3n) is 5.62. The number of aromatic nitrogens is 2. The summed E-state index contributed by atoms with van der Waals surface area (Å²) in [6.45, 7) is 5.40. The van der Waals surface area contributed by atoms with Crippen LogP contribution in [0.5, 0.6) is 0 Å². The van der Waals surface area contributed by atoms with Gasteiger partial charge in [0.15, 0.2) is 0 Å². The van der Waals surface area contributed by atoms with E-state index in [2.05, 4.69) is 16.8 Å². The van der Waals surface area contributed by atoms with E-state index in [0.29, 0.717) is 49.0 Å². The van der Waals surface area contributed by atoms with Gasteiger partial charge in [-0.1, -0.05) is 6.92 Å². The van der Waals surface area contributed by atoms with Crippen LogP contribution in [0, 0.1) is 17.6 Å². The van der Waals surface area contributed by atoms with Gasteiger partial charge in [0, 0.05) is 43.9 Å². The summed E-state index contributed by atoms with van der Waals surface area (Å²) in [5.74, 6) is 0.468. The zero-order valence-corrected chi connectivity index (χ0v) is 15.5. The molecule has 144 valence electrons.